The molecule has 4 heteroatoms. The Morgan fingerprint density at radius 2 is 2.70 bits per heavy atom. The molecule has 10 heavy (non-hydrogen) atoms. The summed E-state index contributed by atoms with van der Waals surface area (Å²) in [5.74, 6) is 2.77. The van der Waals surface area contributed by atoms with Crippen LogP contribution in [0.2, 0.25) is 0 Å². The Morgan fingerprint density at radius 3 is 3.40 bits per heavy atom. The Kier molecular flexibility index (Phi) is 1.34. The molecular formula is C6H8N2OS. The third kappa shape index (κ3) is 0.794. The molecular weight excluding hydrogens is 148 g/mol. The van der Waals surface area contributed by atoms with Crippen LogP contribution in [0.3, 0.4) is 0 Å². The van der Waals surface area contributed by atoms with E-state index >= 15 is 0 Å². The first-order chi connectivity index (χ1) is 4.90. The van der Waals surface area contributed by atoms with Gasteiger partial charge in [0.15, 0.2) is 0 Å². The third-order valence-electron chi connectivity index (χ3n) is 1.51. The van der Waals surface area contributed by atoms with E-state index in [1.165, 1.54) is 5.69 Å². The van der Waals surface area contributed by atoms with E-state index in [0.29, 0.717) is 0 Å². The molecule has 0 unspecified atom stereocenters. The highest BCUT2D eigenvalue weighted by molar-refractivity contribution is 7.97. The maximum absolute atomic E-state index is 4.97. The SMILES string of the molecule is COc1cc2n(n1)CSC2. The van der Waals surface area contributed by atoms with Gasteiger partial charge in [-0.05, 0) is 0 Å². The van der Waals surface area contributed by atoms with Crippen molar-refractivity contribution >= 4 is 11.8 Å². The molecule has 54 valence electrons. The number of ether oxygens (including phenoxy) is 1. The highest BCUT2D eigenvalue weighted by Crippen LogP contribution is 2.25. The number of aromatic nitrogens is 2. The fourth-order valence-electron chi connectivity index (χ4n) is 0.993. The lowest BCUT2D eigenvalue weighted by atomic mass is 10.5. The molecule has 0 saturated carbocycles. The molecule has 0 N–H and O–H groups in total. The maximum atomic E-state index is 4.97. The normalized spacial score (nSPS) is 15.3. The van der Waals surface area contributed by atoms with Crippen LogP contribution < -0.4 is 4.74 Å². The molecule has 1 aliphatic heterocycles. The van der Waals surface area contributed by atoms with Crippen LogP contribution >= 0.6 is 11.8 Å². The minimum atomic E-state index is 0.732. The zero-order valence-electron chi connectivity index (χ0n) is 5.70. The van der Waals surface area contributed by atoms with Gasteiger partial charge in [-0.15, -0.1) is 16.9 Å². The minimum Gasteiger partial charge on any atom is -0.480 e. The van der Waals surface area contributed by atoms with Crippen molar-refractivity contribution in [2.24, 2.45) is 0 Å². The molecule has 3 nitrogen and oxygen atoms in total. The lowest BCUT2D eigenvalue weighted by Crippen LogP contribution is -1.93. The molecule has 1 aromatic rings. The molecule has 0 aliphatic carbocycles. The van der Waals surface area contributed by atoms with E-state index in [9.17, 15) is 0 Å². The number of hydrogen-bond acceptors (Lipinski definition) is 3. The smallest absolute Gasteiger partial charge is 0.232 e. The van der Waals surface area contributed by atoms with Crippen LogP contribution in [-0.2, 0) is 11.6 Å². The predicted molar refractivity (Wildman–Crippen MR) is 40.1 cm³/mol. The first kappa shape index (κ1) is 6.09. The van der Waals surface area contributed by atoms with Gasteiger partial charge < -0.3 is 4.74 Å². The molecule has 0 fully saturated rings. The topological polar surface area (TPSA) is 27.1 Å². The molecule has 0 bridgehead atoms. The van der Waals surface area contributed by atoms with Gasteiger partial charge in [-0.3, -0.25) is 4.68 Å². The fourth-order valence-corrected chi connectivity index (χ4v) is 1.92. The lowest BCUT2D eigenvalue weighted by Gasteiger charge is -1.91. The van der Waals surface area contributed by atoms with E-state index in [1.54, 1.807) is 7.11 Å². The van der Waals surface area contributed by atoms with E-state index < -0.39 is 0 Å². The summed E-state index contributed by atoms with van der Waals surface area (Å²) in [7, 11) is 1.64. The van der Waals surface area contributed by atoms with E-state index in [0.717, 1.165) is 17.5 Å². The Bertz CT molecular complexity index is 224. The summed E-state index contributed by atoms with van der Waals surface area (Å²) >= 11 is 1.87. The van der Waals surface area contributed by atoms with E-state index in [2.05, 4.69) is 5.10 Å². The quantitative estimate of drug-likeness (QED) is 0.609. The van der Waals surface area contributed by atoms with Crippen LogP contribution in [0.25, 0.3) is 0 Å². The number of nitrogens with zero attached hydrogens (tertiary/aromatic N) is 2. The van der Waals surface area contributed by atoms with Crippen LogP contribution in [0.4, 0.5) is 0 Å². The largest absolute Gasteiger partial charge is 0.480 e. The average molecular weight is 156 g/mol. The van der Waals surface area contributed by atoms with Crippen molar-refractivity contribution in [2.75, 3.05) is 7.11 Å². The van der Waals surface area contributed by atoms with Crippen LogP contribution in [0.1, 0.15) is 5.69 Å². The first-order valence-corrected chi connectivity index (χ1v) is 4.24. The molecule has 2 heterocycles. The van der Waals surface area contributed by atoms with E-state index in [4.69, 9.17) is 4.74 Å². The number of methoxy groups -OCH3 is 1. The minimum absolute atomic E-state index is 0.732. The molecule has 0 radical (unpaired) electrons. The monoisotopic (exact) mass is 156 g/mol. The average Bonchev–Trinajstić information content (AvgIpc) is 2.42. The van der Waals surface area contributed by atoms with Crippen molar-refractivity contribution < 1.29 is 4.74 Å². The van der Waals surface area contributed by atoms with E-state index in [1.807, 2.05) is 22.5 Å². The van der Waals surface area contributed by atoms with Gasteiger partial charge in [0.05, 0.1) is 18.7 Å². The standard InChI is InChI=1S/C6H8N2OS/c1-9-6-2-5-3-10-4-8(5)7-6/h2H,3-4H2,1H3. The van der Waals surface area contributed by atoms with Crippen LogP contribution in [0, 0.1) is 0 Å². The van der Waals surface area contributed by atoms with Crippen molar-refractivity contribution in [3.8, 4) is 5.88 Å². The second kappa shape index (κ2) is 2.20. The van der Waals surface area contributed by atoms with Gasteiger partial charge in [0.25, 0.3) is 0 Å². The molecule has 0 spiro atoms. The summed E-state index contributed by atoms with van der Waals surface area (Å²) in [5, 5.41) is 4.18. The maximum Gasteiger partial charge on any atom is 0.232 e. The molecule has 1 aromatic heterocycles. The van der Waals surface area contributed by atoms with Crippen LogP contribution in [0.15, 0.2) is 6.07 Å². The lowest BCUT2D eigenvalue weighted by molar-refractivity contribution is 0.391. The number of hydrogen-bond donors (Lipinski definition) is 0. The molecule has 1 aliphatic rings. The van der Waals surface area contributed by atoms with Gasteiger partial charge in [-0.1, -0.05) is 0 Å². The Balaban J connectivity index is 2.37. The summed E-state index contributed by atoms with van der Waals surface area (Å²) in [4.78, 5) is 0. The highest BCUT2D eigenvalue weighted by atomic mass is 32.2. The predicted octanol–water partition coefficient (Wildman–Crippen LogP) is 1.10. The van der Waals surface area contributed by atoms with Crippen molar-refractivity contribution in [3.63, 3.8) is 0 Å². The summed E-state index contributed by atoms with van der Waals surface area (Å²) in [5.41, 5.74) is 1.27. The number of fused-ring (bicyclic) bond motifs is 1. The van der Waals surface area contributed by atoms with Gasteiger partial charge >= 0.3 is 0 Å². The van der Waals surface area contributed by atoms with Gasteiger partial charge in [-0.25, -0.2) is 0 Å². The van der Waals surface area contributed by atoms with Crippen LogP contribution in [0.5, 0.6) is 5.88 Å². The molecule has 0 atom stereocenters. The Morgan fingerprint density at radius 1 is 1.80 bits per heavy atom. The second-order valence-electron chi connectivity index (χ2n) is 2.16. The third-order valence-corrected chi connectivity index (χ3v) is 2.44. The summed E-state index contributed by atoms with van der Waals surface area (Å²) in [6.45, 7) is 0. The summed E-state index contributed by atoms with van der Waals surface area (Å²) < 4.78 is 6.95. The number of rotatable bonds is 1. The molecule has 0 aromatic carbocycles. The van der Waals surface area contributed by atoms with Crippen molar-refractivity contribution in [3.05, 3.63) is 11.8 Å². The zero-order chi connectivity index (χ0) is 6.97. The molecule has 2 rings (SSSR count). The van der Waals surface area contributed by atoms with Crippen molar-refractivity contribution in [1.29, 1.82) is 0 Å². The highest BCUT2D eigenvalue weighted by Gasteiger charge is 2.13. The van der Waals surface area contributed by atoms with Gasteiger partial charge in [-0.2, -0.15) is 0 Å². The fraction of sp³-hybridized carbons (Fsp3) is 0.500. The van der Waals surface area contributed by atoms with Gasteiger partial charge in [0, 0.05) is 11.8 Å². The van der Waals surface area contributed by atoms with Crippen molar-refractivity contribution in [2.45, 2.75) is 11.6 Å². The van der Waals surface area contributed by atoms with Gasteiger partial charge in [0.2, 0.25) is 5.88 Å². The zero-order valence-corrected chi connectivity index (χ0v) is 6.52. The summed E-state index contributed by atoms with van der Waals surface area (Å²) in [6.07, 6.45) is 0. The Labute approximate surface area is 63.4 Å². The molecule has 0 amide bonds. The Hall–Kier alpha value is -0.640. The number of thioether (sulfide) groups is 1. The van der Waals surface area contributed by atoms with Gasteiger partial charge in [0.1, 0.15) is 0 Å². The first-order valence-electron chi connectivity index (χ1n) is 3.08. The van der Waals surface area contributed by atoms with E-state index in [-0.39, 0.29) is 0 Å². The summed E-state index contributed by atoms with van der Waals surface area (Å²) in [6, 6.07) is 1.99. The second-order valence-corrected chi connectivity index (χ2v) is 3.11. The van der Waals surface area contributed by atoms with Crippen LogP contribution in [-0.4, -0.2) is 16.9 Å². The molecule has 0 saturated heterocycles. The van der Waals surface area contributed by atoms with Crippen molar-refractivity contribution in [1.82, 2.24) is 9.78 Å².